The van der Waals surface area contributed by atoms with Crippen molar-refractivity contribution < 1.29 is 14.3 Å². The van der Waals surface area contributed by atoms with Crippen LogP contribution in [0, 0.1) is 0 Å². The summed E-state index contributed by atoms with van der Waals surface area (Å²) >= 11 is 0. The number of carbonyl (C=O) groups excluding carboxylic acids is 1. The van der Waals surface area contributed by atoms with Crippen molar-refractivity contribution in [1.82, 2.24) is 0 Å². The van der Waals surface area contributed by atoms with Gasteiger partial charge in [0, 0.05) is 12.1 Å². The highest BCUT2D eigenvalue weighted by Crippen LogP contribution is 2.37. The number of nitrogens with one attached hydrogen (secondary N) is 1. The van der Waals surface area contributed by atoms with Crippen LogP contribution >= 0.6 is 0 Å². The van der Waals surface area contributed by atoms with E-state index in [4.69, 9.17) is 9.47 Å². The quantitative estimate of drug-likeness (QED) is 0.940. The number of benzodiazepines with no additional fused rings is 1. The smallest absolute Gasteiger partial charge is 0.249 e. The Labute approximate surface area is 141 Å². The van der Waals surface area contributed by atoms with Crippen molar-refractivity contribution in [3.05, 3.63) is 53.6 Å². The highest BCUT2D eigenvalue weighted by Gasteiger charge is 2.27. The summed E-state index contributed by atoms with van der Waals surface area (Å²) in [6.45, 7) is 1.89. The van der Waals surface area contributed by atoms with Crippen molar-refractivity contribution in [2.24, 2.45) is 4.99 Å². The Morgan fingerprint density at radius 2 is 1.83 bits per heavy atom. The zero-order valence-electron chi connectivity index (χ0n) is 14.0. The maximum atomic E-state index is 12.6. The van der Waals surface area contributed by atoms with Gasteiger partial charge in [-0.25, -0.2) is 0 Å². The van der Waals surface area contributed by atoms with Gasteiger partial charge in [0.05, 0.1) is 25.5 Å². The Bertz CT molecular complexity index is 785. The van der Waals surface area contributed by atoms with Crippen molar-refractivity contribution in [1.29, 1.82) is 0 Å². The third-order valence-electron chi connectivity index (χ3n) is 4.09. The van der Waals surface area contributed by atoms with E-state index in [9.17, 15) is 4.79 Å². The van der Waals surface area contributed by atoms with Crippen molar-refractivity contribution in [2.45, 2.75) is 19.4 Å². The second kappa shape index (κ2) is 6.74. The number of nitrogens with zero attached hydrogens (tertiary/aromatic N) is 1. The minimum atomic E-state index is -0.476. The normalized spacial score (nSPS) is 16.5. The number of methoxy groups -OCH3 is 2. The highest BCUT2D eigenvalue weighted by atomic mass is 16.5. The molecule has 0 aliphatic carbocycles. The number of carbonyl (C=O) groups is 1. The van der Waals surface area contributed by atoms with Crippen LogP contribution < -0.4 is 14.8 Å². The molecule has 0 aromatic heterocycles. The van der Waals surface area contributed by atoms with E-state index in [0.717, 1.165) is 16.8 Å². The number of rotatable bonds is 4. The molecule has 2 aromatic rings. The molecular formula is C19H20N2O3. The van der Waals surface area contributed by atoms with E-state index in [-0.39, 0.29) is 5.91 Å². The van der Waals surface area contributed by atoms with Crippen molar-refractivity contribution in [3.8, 4) is 11.5 Å². The number of fused-ring (bicyclic) bond motifs is 1. The fraction of sp³-hybridized carbons (Fsp3) is 0.263. The number of ether oxygens (including phenoxy) is 2. The number of hydrogen-bond donors (Lipinski definition) is 1. The summed E-state index contributed by atoms with van der Waals surface area (Å²) in [7, 11) is 3.17. The SMILES string of the molecule is COc1ccc2c(c1OC)C(C)=NC(Cc1ccccc1)C(=O)N2. The van der Waals surface area contributed by atoms with Gasteiger partial charge in [-0.2, -0.15) is 0 Å². The van der Waals surface area contributed by atoms with Crippen LogP contribution in [0.4, 0.5) is 5.69 Å². The summed E-state index contributed by atoms with van der Waals surface area (Å²) in [5, 5.41) is 2.96. The first-order valence-corrected chi connectivity index (χ1v) is 7.78. The molecule has 5 heteroatoms. The molecule has 0 saturated carbocycles. The fourth-order valence-corrected chi connectivity index (χ4v) is 2.94. The van der Waals surface area contributed by atoms with Gasteiger partial charge in [-0.1, -0.05) is 30.3 Å². The van der Waals surface area contributed by atoms with Gasteiger partial charge in [-0.3, -0.25) is 9.79 Å². The predicted molar refractivity (Wildman–Crippen MR) is 94.3 cm³/mol. The molecule has 124 valence electrons. The molecule has 1 aliphatic rings. The molecule has 0 bridgehead atoms. The Balaban J connectivity index is 2.01. The second-order valence-electron chi connectivity index (χ2n) is 5.63. The van der Waals surface area contributed by atoms with Gasteiger partial charge in [-0.05, 0) is 24.6 Å². The van der Waals surface area contributed by atoms with Crippen LogP contribution in [0.25, 0.3) is 0 Å². The summed E-state index contributed by atoms with van der Waals surface area (Å²) in [4.78, 5) is 17.2. The topological polar surface area (TPSA) is 59.9 Å². The van der Waals surface area contributed by atoms with Gasteiger partial charge >= 0.3 is 0 Å². The van der Waals surface area contributed by atoms with Gasteiger partial charge in [0.1, 0.15) is 6.04 Å². The van der Waals surface area contributed by atoms with E-state index in [0.29, 0.717) is 23.6 Å². The second-order valence-corrected chi connectivity index (χ2v) is 5.63. The molecule has 24 heavy (non-hydrogen) atoms. The molecule has 0 saturated heterocycles. The molecule has 3 rings (SSSR count). The first-order chi connectivity index (χ1) is 11.6. The molecule has 1 amide bonds. The van der Waals surface area contributed by atoms with Gasteiger partial charge in [0.2, 0.25) is 5.91 Å². The highest BCUT2D eigenvalue weighted by molar-refractivity contribution is 6.13. The maximum Gasteiger partial charge on any atom is 0.249 e. The Hall–Kier alpha value is -2.82. The first-order valence-electron chi connectivity index (χ1n) is 7.78. The number of anilines is 1. The molecule has 0 fully saturated rings. The van der Waals surface area contributed by atoms with Crippen LogP contribution in [0.15, 0.2) is 47.5 Å². The fourth-order valence-electron chi connectivity index (χ4n) is 2.94. The third-order valence-corrected chi connectivity index (χ3v) is 4.09. The number of benzene rings is 2. The van der Waals surface area contributed by atoms with Crippen LogP contribution in [-0.4, -0.2) is 31.9 Å². The summed E-state index contributed by atoms with van der Waals surface area (Å²) in [5.74, 6) is 1.07. The van der Waals surface area contributed by atoms with Gasteiger partial charge < -0.3 is 14.8 Å². The van der Waals surface area contributed by atoms with Crippen LogP contribution in [0.1, 0.15) is 18.1 Å². The zero-order chi connectivity index (χ0) is 17.1. The molecule has 1 unspecified atom stereocenters. The van der Waals surface area contributed by atoms with E-state index in [1.807, 2.05) is 43.3 Å². The number of aliphatic imine (C=N–C) groups is 1. The van der Waals surface area contributed by atoms with Gasteiger partial charge in [0.25, 0.3) is 0 Å². The van der Waals surface area contributed by atoms with Crippen LogP contribution in [0.2, 0.25) is 0 Å². The summed E-state index contributed by atoms with van der Waals surface area (Å²) in [6, 6.07) is 13.0. The van der Waals surface area contributed by atoms with E-state index in [1.165, 1.54) is 0 Å². The molecule has 0 radical (unpaired) electrons. The lowest BCUT2D eigenvalue weighted by Gasteiger charge is -2.15. The van der Waals surface area contributed by atoms with Gasteiger partial charge in [0.15, 0.2) is 11.5 Å². The van der Waals surface area contributed by atoms with Crippen LogP contribution in [-0.2, 0) is 11.2 Å². The molecule has 1 heterocycles. The lowest BCUT2D eigenvalue weighted by molar-refractivity contribution is -0.117. The molecule has 1 N–H and O–H groups in total. The standard InChI is InChI=1S/C19H20N2O3/c1-12-17-14(9-10-16(23-2)18(17)24-3)21-19(22)15(20-12)11-13-7-5-4-6-8-13/h4-10,15H,11H2,1-3H3,(H,21,22). The van der Waals surface area contributed by atoms with Crippen LogP contribution in [0.5, 0.6) is 11.5 Å². The van der Waals surface area contributed by atoms with E-state index in [2.05, 4.69) is 10.3 Å². The number of amides is 1. The van der Waals surface area contributed by atoms with Crippen molar-refractivity contribution in [2.75, 3.05) is 19.5 Å². The van der Waals surface area contributed by atoms with E-state index in [1.54, 1.807) is 20.3 Å². The molecule has 1 aliphatic heterocycles. The zero-order valence-corrected chi connectivity index (χ0v) is 14.0. The Kier molecular flexibility index (Phi) is 4.51. The summed E-state index contributed by atoms with van der Waals surface area (Å²) in [6.07, 6.45) is 0.553. The molecule has 2 aromatic carbocycles. The van der Waals surface area contributed by atoms with E-state index < -0.39 is 6.04 Å². The molecule has 5 nitrogen and oxygen atoms in total. The lowest BCUT2D eigenvalue weighted by Crippen LogP contribution is -2.27. The minimum Gasteiger partial charge on any atom is -0.493 e. The maximum absolute atomic E-state index is 12.6. The number of hydrogen-bond acceptors (Lipinski definition) is 4. The average Bonchev–Trinajstić information content (AvgIpc) is 2.72. The van der Waals surface area contributed by atoms with Crippen molar-refractivity contribution >= 4 is 17.3 Å². The van der Waals surface area contributed by atoms with E-state index >= 15 is 0 Å². The molecular weight excluding hydrogens is 304 g/mol. The van der Waals surface area contributed by atoms with Crippen molar-refractivity contribution in [3.63, 3.8) is 0 Å². The third kappa shape index (κ3) is 2.97. The predicted octanol–water partition coefficient (Wildman–Crippen LogP) is 3.08. The summed E-state index contributed by atoms with van der Waals surface area (Å²) in [5.41, 5.74) is 3.28. The Morgan fingerprint density at radius 1 is 1.08 bits per heavy atom. The Morgan fingerprint density at radius 3 is 2.50 bits per heavy atom. The van der Waals surface area contributed by atoms with Gasteiger partial charge in [-0.15, -0.1) is 0 Å². The molecule has 0 spiro atoms. The first kappa shape index (κ1) is 16.1. The summed E-state index contributed by atoms with van der Waals surface area (Å²) < 4.78 is 10.8. The monoisotopic (exact) mass is 324 g/mol. The lowest BCUT2D eigenvalue weighted by atomic mass is 10.1. The molecule has 1 atom stereocenters. The van der Waals surface area contributed by atoms with Crippen LogP contribution in [0.3, 0.4) is 0 Å². The largest absolute Gasteiger partial charge is 0.493 e. The average molecular weight is 324 g/mol. The minimum absolute atomic E-state index is 0.121.